The summed E-state index contributed by atoms with van der Waals surface area (Å²) >= 11 is 0. The van der Waals surface area contributed by atoms with Crippen molar-refractivity contribution >= 4 is 5.91 Å². The highest BCUT2D eigenvalue weighted by molar-refractivity contribution is 5.79. The average molecular weight is 415 g/mol. The maximum Gasteiger partial charge on any atom is 0.225 e. The number of rotatable bonds is 2. The smallest absolute Gasteiger partial charge is 0.225 e. The summed E-state index contributed by atoms with van der Waals surface area (Å²) in [5, 5.41) is 3.32. The average Bonchev–Trinajstić information content (AvgIpc) is 3.44. The molecule has 4 heterocycles. The molecule has 4 aliphatic heterocycles. The van der Waals surface area contributed by atoms with Crippen molar-refractivity contribution in [1.82, 2.24) is 10.2 Å². The van der Waals surface area contributed by atoms with Crippen LogP contribution in [0.25, 0.3) is 0 Å². The van der Waals surface area contributed by atoms with Crippen LogP contribution in [0.2, 0.25) is 0 Å². The van der Waals surface area contributed by atoms with Crippen LogP contribution in [0.1, 0.15) is 50.0 Å². The second-order valence-electron chi connectivity index (χ2n) is 9.26. The van der Waals surface area contributed by atoms with Gasteiger partial charge in [-0.1, -0.05) is 18.2 Å². The van der Waals surface area contributed by atoms with E-state index >= 15 is 0 Å². The van der Waals surface area contributed by atoms with Crippen LogP contribution in [0.15, 0.2) is 24.3 Å². The molecule has 1 aliphatic carbocycles. The second kappa shape index (κ2) is 9.25. The van der Waals surface area contributed by atoms with Gasteiger partial charge < -0.3 is 19.5 Å². The number of amides is 1. The SMILES string of the molecule is O=C(N[C@H]1CCN2CCOc3ccccc3C3CCC(CC3)OCC12)C1CCOC1. The zero-order valence-electron chi connectivity index (χ0n) is 17.8. The van der Waals surface area contributed by atoms with Gasteiger partial charge in [-0.25, -0.2) is 0 Å². The lowest BCUT2D eigenvalue weighted by molar-refractivity contribution is -0.126. The Morgan fingerprint density at radius 3 is 2.67 bits per heavy atom. The molecule has 6 nitrogen and oxygen atoms in total. The normalized spacial score (nSPS) is 34.7. The van der Waals surface area contributed by atoms with E-state index in [1.54, 1.807) is 0 Å². The lowest BCUT2D eigenvalue weighted by Crippen LogP contribution is -2.50. The van der Waals surface area contributed by atoms with Gasteiger partial charge in [-0.3, -0.25) is 9.69 Å². The van der Waals surface area contributed by atoms with E-state index in [0.717, 1.165) is 57.4 Å². The molecule has 1 saturated carbocycles. The number of nitrogens with zero attached hydrogens (tertiary/aromatic N) is 1. The topological polar surface area (TPSA) is 60.0 Å². The lowest BCUT2D eigenvalue weighted by atomic mass is 9.82. The van der Waals surface area contributed by atoms with Crippen LogP contribution in [-0.4, -0.2) is 68.5 Å². The van der Waals surface area contributed by atoms with E-state index in [0.29, 0.717) is 38.4 Å². The van der Waals surface area contributed by atoms with E-state index in [2.05, 4.69) is 34.5 Å². The minimum absolute atomic E-state index is 0.00448. The van der Waals surface area contributed by atoms with Crippen LogP contribution < -0.4 is 10.1 Å². The summed E-state index contributed by atoms with van der Waals surface area (Å²) in [6.07, 6.45) is 6.64. The molecule has 0 spiro atoms. The van der Waals surface area contributed by atoms with Gasteiger partial charge in [-0.2, -0.15) is 0 Å². The first-order valence-electron chi connectivity index (χ1n) is 11.7. The van der Waals surface area contributed by atoms with Crippen molar-refractivity contribution in [3.63, 3.8) is 0 Å². The maximum atomic E-state index is 12.7. The van der Waals surface area contributed by atoms with E-state index in [-0.39, 0.29) is 23.9 Å². The molecule has 2 saturated heterocycles. The molecule has 1 aromatic carbocycles. The van der Waals surface area contributed by atoms with Crippen molar-refractivity contribution in [2.24, 2.45) is 5.92 Å². The fraction of sp³-hybridized carbons (Fsp3) is 0.708. The van der Waals surface area contributed by atoms with Gasteiger partial charge in [0.2, 0.25) is 5.91 Å². The summed E-state index contributed by atoms with van der Waals surface area (Å²) in [6, 6.07) is 8.91. The molecule has 0 aromatic heterocycles. The molecule has 2 unspecified atom stereocenters. The highest BCUT2D eigenvalue weighted by Gasteiger charge is 2.38. The molecule has 164 valence electrons. The maximum absolute atomic E-state index is 12.7. The van der Waals surface area contributed by atoms with E-state index < -0.39 is 0 Å². The predicted octanol–water partition coefficient (Wildman–Crippen LogP) is 2.72. The summed E-state index contributed by atoms with van der Waals surface area (Å²) in [6.45, 7) is 4.44. The van der Waals surface area contributed by atoms with Gasteiger partial charge in [0.1, 0.15) is 12.4 Å². The van der Waals surface area contributed by atoms with Gasteiger partial charge in [0.25, 0.3) is 0 Å². The number of benzene rings is 1. The van der Waals surface area contributed by atoms with Gasteiger partial charge in [0.15, 0.2) is 0 Å². The summed E-state index contributed by atoms with van der Waals surface area (Å²) in [7, 11) is 0. The molecule has 1 N–H and O–H groups in total. The van der Waals surface area contributed by atoms with Crippen molar-refractivity contribution in [3.05, 3.63) is 29.8 Å². The van der Waals surface area contributed by atoms with Crippen LogP contribution in [0.5, 0.6) is 5.75 Å². The summed E-state index contributed by atoms with van der Waals surface area (Å²) in [5.41, 5.74) is 1.36. The number of hydrogen-bond donors (Lipinski definition) is 1. The van der Waals surface area contributed by atoms with Gasteiger partial charge >= 0.3 is 0 Å². The van der Waals surface area contributed by atoms with E-state index in [1.165, 1.54) is 5.56 Å². The molecular weight excluding hydrogens is 380 g/mol. The van der Waals surface area contributed by atoms with Crippen molar-refractivity contribution in [2.45, 2.75) is 62.6 Å². The third-order valence-corrected chi connectivity index (χ3v) is 7.46. The summed E-state index contributed by atoms with van der Waals surface area (Å²) in [5.74, 6) is 1.77. The Kier molecular flexibility index (Phi) is 6.25. The molecule has 6 rings (SSSR count). The zero-order valence-corrected chi connectivity index (χ0v) is 17.8. The van der Waals surface area contributed by atoms with Gasteiger partial charge in [0, 0.05) is 25.7 Å². The molecule has 3 fully saturated rings. The molecule has 30 heavy (non-hydrogen) atoms. The van der Waals surface area contributed by atoms with Crippen LogP contribution in [0, 0.1) is 5.92 Å². The number of carbonyl (C=O) groups is 1. The molecule has 1 amide bonds. The molecule has 5 aliphatic rings. The van der Waals surface area contributed by atoms with Crippen molar-refractivity contribution in [2.75, 3.05) is 39.5 Å². The van der Waals surface area contributed by atoms with Crippen molar-refractivity contribution < 1.29 is 19.0 Å². The van der Waals surface area contributed by atoms with Gasteiger partial charge in [-0.05, 0) is 56.1 Å². The largest absolute Gasteiger partial charge is 0.492 e. The van der Waals surface area contributed by atoms with E-state index in [4.69, 9.17) is 14.2 Å². The minimum Gasteiger partial charge on any atom is -0.492 e. The number of carbonyl (C=O) groups excluding carboxylic acids is 1. The van der Waals surface area contributed by atoms with Crippen LogP contribution in [0.4, 0.5) is 0 Å². The summed E-state index contributed by atoms with van der Waals surface area (Å²) in [4.78, 5) is 15.1. The second-order valence-corrected chi connectivity index (χ2v) is 9.26. The highest BCUT2D eigenvalue weighted by Crippen LogP contribution is 2.38. The van der Waals surface area contributed by atoms with Crippen LogP contribution in [0.3, 0.4) is 0 Å². The molecule has 0 radical (unpaired) electrons. The number of ether oxygens (including phenoxy) is 3. The Hall–Kier alpha value is -1.63. The third-order valence-electron chi connectivity index (χ3n) is 7.46. The first kappa shape index (κ1) is 20.3. The van der Waals surface area contributed by atoms with Gasteiger partial charge in [-0.15, -0.1) is 0 Å². The standard InChI is InChI=1S/C24H34N2O4/c27-24(18-10-13-28-15-18)25-21-9-11-26-12-14-29-23-4-2-1-3-20(23)17-5-7-19(8-6-17)30-16-22(21)26/h1-4,17-19,21-22H,5-16H2,(H,25,27)/t17?,18?,19?,21-,22?/m0/s1. The fourth-order valence-electron chi connectivity index (χ4n) is 5.62. The quantitative estimate of drug-likeness (QED) is 0.806. The Bertz CT molecular complexity index is 728. The Morgan fingerprint density at radius 2 is 1.83 bits per heavy atom. The first-order chi connectivity index (χ1) is 14.8. The number of hydrogen-bond acceptors (Lipinski definition) is 5. The monoisotopic (exact) mass is 414 g/mol. The first-order valence-corrected chi connectivity index (χ1v) is 11.7. The highest BCUT2D eigenvalue weighted by atomic mass is 16.5. The predicted molar refractivity (Wildman–Crippen MR) is 114 cm³/mol. The number of nitrogens with one attached hydrogen (secondary N) is 1. The Balaban J connectivity index is 1.29. The third kappa shape index (κ3) is 4.36. The van der Waals surface area contributed by atoms with Crippen molar-refractivity contribution in [3.8, 4) is 5.75 Å². The molecule has 1 aromatic rings. The van der Waals surface area contributed by atoms with E-state index in [1.807, 2.05) is 0 Å². The van der Waals surface area contributed by atoms with Crippen LogP contribution >= 0.6 is 0 Å². The van der Waals surface area contributed by atoms with E-state index in [9.17, 15) is 4.79 Å². The lowest BCUT2D eigenvalue weighted by Gasteiger charge is -2.32. The van der Waals surface area contributed by atoms with Gasteiger partial charge in [0.05, 0.1) is 31.3 Å². The molecular formula is C24H34N2O4. The molecule has 3 atom stereocenters. The fourth-order valence-corrected chi connectivity index (χ4v) is 5.62. The minimum atomic E-state index is 0.00448. The van der Waals surface area contributed by atoms with Crippen molar-refractivity contribution in [1.29, 1.82) is 0 Å². The zero-order chi connectivity index (χ0) is 20.3. The number of fused-ring (bicyclic) bond motifs is 5. The Morgan fingerprint density at radius 1 is 0.967 bits per heavy atom. The number of para-hydroxylation sites is 1. The Labute approximate surface area is 179 Å². The molecule has 6 heteroatoms. The molecule has 2 bridgehead atoms. The summed E-state index contributed by atoms with van der Waals surface area (Å²) < 4.78 is 18.1. The van der Waals surface area contributed by atoms with Crippen LogP contribution in [-0.2, 0) is 14.3 Å².